The zero-order valence-corrected chi connectivity index (χ0v) is 25.6. The second-order valence-electron chi connectivity index (χ2n) is 12.7. The molecule has 0 bridgehead atoms. The molecule has 0 aliphatic carbocycles. The highest BCUT2D eigenvalue weighted by Crippen LogP contribution is 2.43. The molecule has 6 aromatic rings. The number of anilines is 2. The smallest absolute Gasteiger partial charge is 0.137 e. The van der Waals surface area contributed by atoms with Crippen molar-refractivity contribution in [3.8, 4) is 0 Å². The molecule has 2 heterocycles. The molecule has 3 heteroatoms. The van der Waals surface area contributed by atoms with Crippen LogP contribution in [0.4, 0.5) is 11.4 Å². The van der Waals surface area contributed by atoms with Crippen LogP contribution in [0.15, 0.2) is 83.3 Å². The highest BCUT2D eigenvalue weighted by Gasteiger charge is 2.29. The summed E-state index contributed by atoms with van der Waals surface area (Å²) in [5.74, 6) is 0. The number of rotatable bonds is 9. The Morgan fingerprint density at radius 3 is 2.10 bits per heavy atom. The van der Waals surface area contributed by atoms with Crippen LogP contribution in [0.5, 0.6) is 0 Å². The van der Waals surface area contributed by atoms with Crippen molar-refractivity contribution in [2.45, 2.75) is 84.6 Å². The lowest BCUT2D eigenvalue weighted by Gasteiger charge is -2.41. The first-order chi connectivity index (χ1) is 19.2. The molecule has 40 heavy (non-hydrogen) atoms. The van der Waals surface area contributed by atoms with Gasteiger partial charge in [-0.25, -0.2) is 0 Å². The Morgan fingerprint density at radius 2 is 1.32 bits per heavy atom. The summed E-state index contributed by atoms with van der Waals surface area (Å²) in [7, 11) is 0. The Kier molecular flexibility index (Phi) is 6.91. The maximum atomic E-state index is 6.58. The highest BCUT2D eigenvalue weighted by atomic mass is 32.1. The van der Waals surface area contributed by atoms with Gasteiger partial charge < -0.3 is 9.32 Å². The van der Waals surface area contributed by atoms with Crippen molar-refractivity contribution in [1.29, 1.82) is 0 Å². The third-order valence-corrected chi connectivity index (χ3v) is 9.89. The van der Waals surface area contributed by atoms with Gasteiger partial charge in [-0.1, -0.05) is 77.3 Å². The third kappa shape index (κ3) is 4.69. The highest BCUT2D eigenvalue weighted by molar-refractivity contribution is 7.25. The molecular formula is C37H41NOS. The lowest BCUT2D eigenvalue weighted by Crippen LogP contribution is -2.40. The van der Waals surface area contributed by atoms with Crippen LogP contribution in [0.1, 0.15) is 79.2 Å². The van der Waals surface area contributed by atoms with Gasteiger partial charge in [-0.3, -0.25) is 0 Å². The molecule has 0 radical (unpaired) electrons. The number of unbranched alkanes of at least 4 members (excludes halogenated alkanes) is 1. The minimum atomic E-state index is -0.0629. The molecule has 0 unspecified atom stereocenters. The summed E-state index contributed by atoms with van der Waals surface area (Å²) in [6.45, 7) is 14.0. The van der Waals surface area contributed by atoms with Crippen molar-refractivity contribution in [2.75, 3.05) is 4.90 Å². The van der Waals surface area contributed by atoms with Crippen molar-refractivity contribution in [3.63, 3.8) is 0 Å². The number of furan rings is 1. The normalized spacial score (nSPS) is 12.8. The van der Waals surface area contributed by atoms with E-state index in [-0.39, 0.29) is 11.0 Å². The van der Waals surface area contributed by atoms with Gasteiger partial charge in [0, 0.05) is 53.9 Å². The Labute approximate surface area is 242 Å². The average molecular weight is 548 g/mol. The molecule has 0 spiro atoms. The first-order valence-corrected chi connectivity index (χ1v) is 15.7. The SMILES string of the molecule is CCCCC(C)(C)N(c1ccc2c(c1)oc1cc(C(C)(C)CCC)ccc12)c1ccc2sc3ccccc3c2c1. The van der Waals surface area contributed by atoms with Crippen LogP contribution in [0.25, 0.3) is 42.1 Å². The summed E-state index contributed by atoms with van der Waals surface area (Å²) in [5, 5.41) is 5.05. The number of fused-ring (bicyclic) bond motifs is 6. The Morgan fingerprint density at radius 1 is 0.650 bits per heavy atom. The summed E-state index contributed by atoms with van der Waals surface area (Å²) >= 11 is 1.88. The summed E-state index contributed by atoms with van der Waals surface area (Å²) < 4.78 is 9.26. The van der Waals surface area contributed by atoms with E-state index in [1.165, 1.54) is 67.1 Å². The maximum absolute atomic E-state index is 6.58. The van der Waals surface area contributed by atoms with Crippen molar-refractivity contribution >= 4 is 64.8 Å². The Bertz CT molecular complexity index is 1820. The predicted octanol–water partition coefficient (Wildman–Crippen LogP) is 12.1. The van der Waals surface area contributed by atoms with Crippen molar-refractivity contribution in [2.24, 2.45) is 0 Å². The van der Waals surface area contributed by atoms with Gasteiger partial charge >= 0.3 is 0 Å². The number of nitrogens with zero attached hydrogens (tertiary/aromatic N) is 1. The lowest BCUT2D eigenvalue weighted by molar-refractivity contribution is 0.446. The fraction of sp³-hybridized carbons (Fsp3) is 0.351. The van der Waals surface area contributed by atoms with Gasteiger partial charge in [0.05, 0.1) is 0 Å². The quantitative estimate of drug-likeness (QED) is 0.179. The summed E-state index contributed by atoms with van der Waals surface area (Å²) in [4.78, 5) is 2.54. The number of hydrogen-bond donors (Lipinski definition) is 0. The van der Waals surface area contributed by atoms with E-state index in [9.17, 15) is 0 Å². The molecule has 4 aromatic carbocycles. The fourth-order valence-electron chi connectivity index (χ4n) is 6.52. The molecule has 0 saturated heterocycles. The van der Waals surface area contributed by atoms with Crippen molar-refractivity contribution in [3.05, 3.63) is 84.4 Å². The van der Waals surface area contributed by atoms with E-state index in [2.05, 4.69) is 125 Å². The number of benzene rings is 4. The van der Waals surface area contributed by atoms with E-state index in [4.69, 9.17) is 4.42 Å². The Hall–Kier alpha value is -3.30. The molecule has 0 atom stereocenters. The van der Waals surface area contributed by atoms with Crippen LogP contribution in [0.3, 0.4) is 0 Å². The van der Waals surface area contributed by atoms with Crippen LogP contribution >= 0.6 is 11.3 Å². The fourth-order valence-corrected chi connectivity index (χ4v) is 7.60. The zero-order chi connectivity index (χ0) is 28.1. The van der Waals surface area contributed by atoms with Gasteiger partial charge in [0.2, 0.25) is 0 Å². The first-order valence-electron chi connectivity index (χ1n) is 14.9. The molecule has 0 aliphatic heterocycles. The Balaban J connectivity index is 1.49. The molecule has 206 valence electrons. The third-order valence-electron chi connectivity index (χ3n) is 8.74. The average Bonchev–Trinajstić information content (AvgIpc) is 3.49. The van der Waals surface area contributed by atoms with Gasteiger partial charge in [0.15, 0.2) is 0 Å². The molecular weight excluding hydrogens is 506 g/mol. The summed E-state index contributed by atoms with van der Waals surface area (Å²) in [6.07, 6.45) is 5.82. The molecule has 0 aliphatic rings. The van der Waals surface area contributed by atoms with E-state index in [0.717, 1.165) is 24.0 Å². The summed E-state index contributed by atoms with van der Waals surface area (Å²) in [5.41, 5.74) is 5.77. The molecule has 0 amide bonds. The monoisotopic (exact) mass is 547 g/mol. The van der Waals surface area contributed by atoms with Gasteiger partial charge in [-0.15, -0.1) is 11.3 Å². The van der Waals surface area contributed by atoms with E-state index >= 15 is 0 Å². The minimum Gasteiger partial charge on any atom is -0.456 e. The van der Waals surface area contributed by atoms with Crippen LogP contribution in [0.2, 0.25) is 0 Å². The largest absolute Gasteiger partial charge is 0.456 e. The maximum Gasteiger partial charge on any atom is 0.137 e. The number of thiophene rings is 1. The predicted molar refractivity (Wildman–Crippen MR) is 177 cm³/mol. The van der Waals surface area contributed by atoms with Crippen LogP contribution in [-0.4, -0.2) is 5.54 Å². The summed E-state index contributed by atoms with van der Waals surface area (Å²) in [6, 6.07) is 29.4. The number of hydrogen-bond acceptors (Lipinski definition) is 3. The van der Waals surface area contributed by atoms with Gasteiger partial charge in [0.1, 0.15) is 11.2 Å². The van der Waals surface area contributed by atoms with E-state index in [1.807, 2.05) is 11.3 Å². The molecule has 0 saturated carbocycles. The van der Waals surface area contributed by atoms with Gasteiger partial charge in [-0.2, -0.15) is 0 Å². The lowest BCUT2D eigenvalue weighted by atomic mass is 9.80. The van der Waals surface area contributed by atoms with Crippen LogP contribution in [-0.2, 0) is 5.41 Å². The minimum absolute atomic E-state index is 0.0629. The van der Waals surface area contributed by atoms with Crippen LogP contribution < -0.4 is 4.90 Å². The second kappa shape index (κ2) is 10.3. The van der Waals surface area contributed by atoms with Crippen molar-refractivity contribution in [1.82, 2.24) is 0 Å². The van der Waals surface area contributed by atoms with Gasteiger partial charge in [0.25, 0.3) is 0 Å². The second-order valence-corrected chi connectivity index (χ2v) is 13.7. The molecule has 2 aromatic heterocycles. The van der Waals surface area contributed by atoms with Crippen molar-refractivity contribution < 1.29 is 4.42 Å². The standard InChI is InChI=1S/C37H41NOS/c1-7-9-21-37(5,6)38(26-16-19-35-31(23-26)30-12-10-11-13-34(30)40-35)27-15-18-29-28-17-14-25(36(3,4)20-8-2)22-32(28)39-33(29)24-27/h10-19,22-24H,7-9,20-21H2,1-6H3. The zero-order valence-electron chi connectivity index (χ0n) is 24.8. The molecule has 0 N–H and O–H groups in total. The van der Waals surface area contributed by atoms with E-state index < -0.39 is 0 Å². The van der Waals surface area contributed by atoms with Crippen LogP contribution in [0, 0.1) is 0 Å². The van der Waals surface area contributed by atoms with Gasteiger partial charge in [-0.05, 0) is 80.1 Å². The molecule has 6 rings (SSSR count). The topological polar surface area (TPSA) is 16.4 Å². The molecule has 2 nitrogen and oxygen atoms in total. The van der Waals surface area contributed by atoms with E-state index in [0.29, 0.717) is 0 Å². The molecule has 0 fully saturated rings. The van der Waals surface area contributed by atoms with E-state index in [1.54, 1.807) is 0 Å². The first kappa shape index (κ1) is 26.9.